The van der Waals surface area contributed by atoms with Crippen molar-refractivity contribution < 1.29 is 9.63 Å². The number of aliphatic hydroxyl groups excluding tert-OH is 1. The number of aryl methyl sites for hydroxylation is 1. The van der Waals surface area contributed by atoms with Gasteiger partial charge >= 0.3 is 0 Å². The van der Waals surface area contributed by atoms with E-state index in [-0.39, 0.29) is 12.1 Å². The van der Waals surface area contributed by atoms with E-state index in [1.807, 2.05) is 0 Å². The van der Waals surface area contributed by atoms with Crippen LogP contribution < -0.4 is 0 Å². The molecule has 0 bridgehead atoms. The van der Waals surface area contributed by atoms with E-state index < -0.39 is 0 Å². The lowest BCUT2D eigenvalue weighted by atomic mass is 10.1. The highest BCUT2D eigenvalue weighted by Gasteiger charge is 2.37. The summed E-state index contributed by atoms with van der Waals surface area (Å²) in [6.07, 6.45) is 4.79. The first-order valence-electron chi connectivity index (χ1n) is 8.97. The quantitative estimate of drug-likeness (QED) is 0.792. The summed E-state index contributed by atoms with van der Waals surface area (Å²) in [5.74, 6) is 1.97. The fraction of sp³-hybridized carbons (Fsp3) is 0.474. The topological polar surface area (TPSA) is 67.3 Å². The smallest absolute Gasteiger partial charge is 0.244 e. The van der Waals surface area contributed by atoms with Crippen molar-refractivity contribution in [3.8, 4) is 0 Å². The van der Waals surface area contributed by atoms with Gasteiger partial charge in [0.25, 0.3) is 0 Å². The molecule has 2 atom stereocenters. The van der Waals surface area contributed by atoms with Crippen LogP contribution in [-0.2, 0) is 13.6 Å². The van der Waals surface area contributed by atoms with Crippen LogP contribution >= 0.6 is 0 Å². The van der Waals surface area contributed by atoms with Crippen LogP contribution in [-0.4, -0.2) is 37.4 Å². The molecule has 6 nitrogen and oxygen atoms in total. The summed E-state index contributed by atoms with van der Waals surface area (Å²) in [4.78, 5) is 6.87. The summed E-state index contributed by atoms with van der Waals surface area (Å²) in [6, 6.07) is 8.42. The molecular weight excluding hydrogens is 316 g/mol. The monoisotopic (exact) mass is 338 g/mol. The van der Waals surface area contributed by atoms with Gasteiger partial charge in [-0.1, -0.05) is 23.4 Å². The Morgan fingerprint density at radius 3 is 2.96 bits per heavy atom. The SMILES string of the molecule is Cn1cc(CN2C[C@H](O)C[C@H]2c2nc(C3CC3)no2)c2ccccc21. The van der Waals surface area contributed by atoms with Crippen molar-refractivity contribution in [3.05, 3.63) is 47.7 Å². The number of aliphatic hydroxyl groups is 1. The Hall–Kier alpha value is -2.18. The van der Waals surface area contributed by atoms with Gasteiger partial charge in [-0.05, 0) is 30.9 Å². The van der Waals surface area contributed by atoms with E-state index >= 15 is 0 Å². The number of para-hydroxylation sites is 1. The van der Waals surface area contributed by atoms with Crippen LogP contribution in [0.25, 0.3) is 10.9 Å². The number of likely N-dealkylation sites (tertiary alicyclic amines) is 1. The van der Waals surface area contributed by atoms with Gasteiger partial charge in [-0.2, -0.15) is 4.98 Å². The molecule has 6 heteroatoms. The molecule has 1 N–H and O–H groups in total. The van der Waals surface area contributed by atoms with E-state index in [4.69, 9.17) is 4.52 Å². The van der Waals surface area contributed by atoms with Crippen molar-refractivity contribution >= 4 is 10.9 Å². The third-order valence-electron chi connectivity index (χ3n) is 5.42. The Balaban J connectivity index is 1.44. The number of hydrogen-bond acceptors (Lipinski definition) is 5. The highest BCUT2D eigenvalue weighted by molar-refractivity contribution is 5.83. The first kappa shape index (κ1) is 15.1. The van der Waals surface area contributed by atoms with Crippen molar-refractivity contribution in [1.29, 1.82) is 0 Å². The van der Waals surface area contributed by atoms with Gasteiger partial charge in [0.1, 0.15) is 0 Å². The van der Waals surface area contributed by atoms with Crippen LogP contribution in [0.3, 0.4) is 0 Å². The predicted octanol–water partition coefficient (Wildman–Crippen LogP) is 2.75. The molecule has 25 heavy (non-hydrogen) atoms. The molecular formula is C19H22N4O2. The van der Waals surface area contributed by atoms with Gasteiger partial charge in [-0.15, -0.1) is 0 Å². The Kier molecular flexibility index (Phi) is 3.43. The molecule has 1 saturated carbocycles. The van der Waals surface area contributed by atoms with Crippen molar-refractivity contribution in [1.82, 2.24) is 19.6 Å². The molecule has 5 rings (SSSR count). The normalized spacial score (nSPS) is 24.4. The number of β-amino-alcohol motifs (C(OH)–C–C–N with tert-alkyl or cyclic N) is 1. The van der Waals surface area contributed by atoms with Gasteiger partial charge in [0.15, 0.2) is 5.82 Å². The molecule has 1 aromatic carbocycles. The van der Waals surface area contributed by atoms with Gasteiger partial charge in [0.05, 0.1) is 12.1 Å². The lowest BCUT2D eigenvalue weighted by Crippen LogP contribution is -2.24. The average molecular weight is 338 g/mol. The van der Waals surface area contributed by atoms with E-state index in [2.05, 4.69) is 57.1 Å². The minimum Gasteiger partial charge on any atom is -0.392 e. The Morgan fingerprint density at radius 1 is 1.28 bits per heavy atom. The van der Waals surface area contributed by atoms with Crippen LogP contribution in [0.1, 0.15) is 48.5 Å². The van der Waals surface area contributed by atoms with Crippen LogP contribution in [0.4, 0.5) is 0 Å². The molecule has 0 radical (unpaired) electrons. The lowest BCUT2D eigenvalue weighted by Gasteiger charge is -2.20. The zero-order valence-electron chi connectivity index (χ0n) is 14.3. The summed E-state index contributed by atoms with van der Waals surface area (Å²) in [5, 5.41) is 15.6. The van der Waals surface area contributed by atoms with Gasteiger partial charge in [0.2, 0.25) is 5.89 Å². The molecule has 2 aliphatic rings. The molecule has 2 aromatic heterocycles. The average Bonchev–Trinajstić information content (AvgIpc) is 3.10. The van der Waals surface area contributed by atoms with Crippen LogP contribution in [0.2, 0.25) is 0 Å². The van der Waals surface area contributed by atoms with Crippen molar-refractivity contribution in [2.24, 2.45) is 7.05 Å². The first-order valence-corrected chi connectivity index (χ1v) is 8.97. The molecule has 1 saturated heterocycles. The standard InChI is InChI=1S/C19H22N4O2/c1-22-9-13(15-4-2-3-5-16(15)22)10-23-11-14(24)8-17(23)19-20-18(21-25-19)12-6-7-12/h2-5,9,12,14,17,24H,6-8,10-11H2,1H3/t14-,17+/m1/s1. The summed E-state index contributed by atoms with van der Waals surface area (Å²) in [5.41, 5.74) is 2.49. The molecule has 0 amide bonds. The zero-order valence-corrected chi connectivity index (χ0v) is 14.3. The maximum Gasteiger partial charge on any atom is 0.244 e. The van der Waals surface area contributed by atoms with Crippen LogP contribution in [0.15, 0.2) is 35.0 Å². The van der Waals surface area contributed by atoms with Gasteiger partial charge < -0.3 is 14.2 Å². The molecule has 3 heterocycles. The van der Waals surface area contributed by atoms with Gasteiger partial charge in [0, 0.05) is 43.2 Å². The number of rotatable bonds is 4. The second-order valence-electron chi connectivity index (χ2n) is 7.38. The fourth-order valence-corrected chi connectivity index (χ4v) is 3.97. The Bertz CT molecular complexity index is 911. The number of hydrogen-bond donors (Lipinski definition) is 1. The number of aromatic nitrogens is 3. The maximum absolute atomic E-state index is 10.2. The zero-order chi connectivity index (χ0) is 17.0. The van der Waals surface area contributed by atoms with E-state index in [0.717, 1.165) is 25.2 Å². The van der Waals surface area contributed by atoms with Crippen molar-refractivity contribution in [2.75, 3.05) is 6.54 Å². The molecule has 2 fully saturated rings. The fourth-order valence-electron chi connectivity index (χ4n) is 3.97. The largest absolute Gasteiger partial charge is 0.392 e. The second-order valence-corrected chi connectivity index (χ2v) is 7.38. The third kappa shape index (κ3) is 2.65. The van der Waals surface area contributed by atoms with Gasteiger partial charge in [-0.25, -0.2) is 0 Å². The van der Waals surface area contributed by atoms with E-state index in [1.54, 1.807) is 0 Å². The molecule has 3 aromatic rings. The predicted molar refractivity (Wildman–Crippen MR) is 93.0 cm³/mol. The number of benzene rings is 1. The third-order valence-corrected chi connectivity index (χ3v) is 5.42. The lowest BCUT2D eigenvalue weighted by molar-refractivity contribution is 0.169. The summed E-state index contributed by atoms with van der Waals surface area (Å²) >= 11 is 0. The van der Waals surface area contributed by atoms with E-state index in [9.17, 15) is 5.11 Å². The maximum atomic E-state index is 10.2. The second kappa shape index (κ2) is 5.68. The van der Waals surface area contributed by atoms with E-state index in [0.29, 0.717) is 24.8 Å². The first-order chi connectivity index (χ1) is 12.2. The Labute approximate surface area is 146 Å². The Morgan fingerprint density at radius 2 is 2.12 bits per heavy atom. The van der Waals surface area contributed by atoms with E-state index in [1.165, 1.54) is 16.5 Å². The molecule has 0 unspecified atom stereocenters. The highest BCUT2D eigenvalue weighted by Crippen LogP contribution is 2.40. The molecule has 1 aliphatic heterocycles. The van der Waals surface area contributed by atoms with Crippen LogP contribution in [0.5, 0.6) is 0 Å². The summed E-state index contributed by atoms with van der Waals surface area (Å²) in [7, 11) is 2.07. The highest BCUT2D eigenvalue weighted by atomic mass is 16.5. The summed E-state index contributed by atoms with van der Waals surface area (Å²) < 4.78 is 7.70. The minimum absolute atomic E-state index is 0.00558. The summed E-state index contributed by atoms with van der Waals surface area (Å²) in [6.45, 7) is 1.40. The molecule has 0 spiro atoms. The van der Waals surface area contributed by atoms with Crippen molar-refractivity contribution in [3.63, 3.8) is 0 Å². The van der Waals surface area contributed by atoms with Crippen LogP contribution in [0, 0.1) is 0 Å². The minimum atomic E-state index is -0.351. The molecule has 130 valence electrons. The van der Waals surface area contributed by atoms with Gasteiger partial charge in [-0.3, -0.25) is 4.90 Å². The molecule has 1 aliphatic carbocycles. The number of nitrogens with zero attached hydrogens (tertiary/aromatic N) is 4. The van der Waals surface area contributed by atoms with Crippen molar-refractivity contribution in [2.45, 2.75) is 43.9 Å². The number of fused-ring (bicyclic) bond motifs is 1.